The number of hydrazone groups is 1. The van der Waals surface area contributed by atoms with Crippen LogP contribution in [0.25, 0.3) is 0 Å². The first-order chi connectivity index (χ1) is 14.5. The minimum atomic E-state index is -0.230. The second-order valence-electron chi connectivity index (χ2n) is 6.38. The summed E-state index contributed by atoms with van der Waals surface area (Å²) in [5.41, 5.74) is 5.47. The molecule has 1 N–H and O–H groups in total. The lowest BCUT2D eigenvalue weighted by Crippen LogP contribution is -2.19. The quantitative estimate of drug-likeness (QED) is 0.369. The van der Waals surface area contributed by atoms with Crippen LogP contribution in [0.2, 0.25) is 5.02 Å². The molecule has 0 fully saturated rings. The Hall–Kier alpha value is -3.14. The predicted molar refractivity (Wildman–Crippen MR) is 121 cm³/mol. The van der Waals surface area contributed by atoms with E-state index >= 15 is 0 Å². The molecule has 0 aromatic heterocycles. The third kappa shape index (κ3) is 6.45. The van der Waals surface area contributed by atoms with Crippen LogP contribution in [0.1, 0.15) is 22.3 Å². The number of nitrogens with zero attached hydrogens (tertiary/aromatic N) is 2. The maximum atomic E-state index is 12.1. The molecular weight excluding hydrogens is 466 g/mol. The second-order valence-corrected chi connectivity index (χ2v) is 7.73. The van der Waals surface area contributed by atoms with Crippen molar-refractivity contribution in [3.63, 3.8) is 0 Å². The molecule has 150 valence electrons. The molecule has 0 spiro atoms. The first-order valence-electron chi connectivity index (χ1n) is 9.01. The van der Waals surface area contributed by atoms with Crippen molar-refractivity contribution >= 4 is 39.7 Å². The van der Waals surface area contributed by atoms with Gasteiger partial charge in [-0.2, -0.15) is 10.4 Å². The van der Waals surface area contributed by atoms with E-state index in [0.29, 0.717) is 21.9 Å². The van der Waals surface area contributed by atoms with Gasteiger partial charge in [-0.25, -0.2) is 5.43 Å². The van der Waals surface area contributed by atoms with E-state index < -0.39 is 0 Å². The van der Waals surface area contributed by atoms with Crippen LogP contribution in [0.4, 0.5) is 0 Å². The van der Waals surface area contributed by atoms with Crippen molar-refractivity contribution in [2.75, 3.05) is 0 Å². The van der Waals surface area contributed by atoms with Crippen LogP contribution in [0.5, 0.6) is 5.75 Å². The number of carbonyl (C=O) groups excluding carboxylic acids is 1. The highest BCUT2D eigenvalue weighted by molar-refractivity contribution is 9.10. The van der Waals surface area contributed by atoms with E-state index in [2.05, 4.69) is 32.5 Å². The van der Waals surface area contributed by atoms with E-state index in [9.17, 15) is 4.79 Å². The van der Waals surface area contributed by atoms with E-state index in [1.807, 2.05) is 36.4 Å². The van der Waals surface area contributed by atoms with Gasteiger partial charge in [0.1, 0.15) is 12.4 Å². The summed E-state index contributed by atoms with van der Waals surface area (Å²) in [7, 11) is 0. The number of rotatable bonds is 7. The van der Waals surface area contributed by atoms with Gasteiger partial charge >= 0.3 is 0 Å². The van der Waals surface area contributed by atoms with Crippen molar-refractivity contribution in [2.24, 2.45) is 5.10 Å². The number of carbonyl (C=O) groups is 1. The van der Waals surface area contributed by atoms with Gasteiger partial charge in [0.05, 0.1) is 24.3 Å². The van der Waals surface area contributed by atoms with Crippen molar-refractivity contribution in [1.29, 1.82) is 5.26 Å². The zero-order valence-corrected chi connectivity index (χ0v) is 18.2. The highest BCUT2D eigenvalue weighted by atomic mass is 79.9. The maximum absolute atomic E-state index is 12.1. The third-order valence-electron chi connectivity index (χ3n) is 4.09. The number of nitrogens with one attached hydrogen (secondary N) is 1. The fraction of sp³-hybridized carbons (Fsp3) is 0.0870. The fourth-order valence-corrected chi connectivity index (χ4v) is 3.09. The van der Waals surface area contributed by atoms with E-state index in [1.165, 1.54) is 6.21 Å². The number of benzene rings is 3. The SMILES string of the molecule is N#Cc1cccc(COc2ccc(Cl)cc2/C=N\NC(=O)Cc2ccc(Br)cc2)c1. The summed E-state index contributed by atoms with van der Waals surface area (Å²) in [5, 5.41) is 13.6. The monoisotopic (exact) mass is 481 g/mol. The van der Waals surface area contributed by atoms with Gasteiger partial charge in [-0.05, 0) is 53.6 Å². The Labute approximate surface area is 188 Å². The maximum Gasteiger partial charge on any atom is 0.244 e. The van der Waals surface area contributed by atoms with Gasteiger partial charge in [0, 0.05) is 15.1 Å². The Morgan fingerprint density at radius 3 is 2.70 bits per heavy atom. The lowest BCUT2D eigenvalue weighted by atomic mass is 10.1. The molecule has 7 heteroatoms. The molecule has 0 aliphatic heterocycles. The molecule has 3 aromatic carbocycles. The van der Waals surface area contributed by atoms with Crippen LogP contribution in [0.3, 0.4) is 0 Å². The van der Waals surface area contributed by atoms with Crippen LogP contribution >= 0.6 is 27.5 Å². The molecule has 3 aromatic rings. The standard InChI is InChI=1S/C23H17BrClN3O2/c24-20-6-4-16(5-7-20)11-23(29)28-27-14-19-12-21(25)8-9-22(19)30-15-18-3-1-2-17(10-18)13-26/h1-10,12,14H,11,15H2,(H,28,29)/b27-14-. The van der Waals surface area contributed by atoms with Crippen LogP contribution in [0, 0.1) is 11.3 Å². The summed E-state index contributed by atoms with van der Waals surface area (Å²) < 4.78 is 6.82. The van der Waals surface area contributed by atoms with Crippen LogP contribution in [-0.4, -0.2) is 12.1 Å². The van der Waals surface area contributed by atoms with Crippen molar-refractivity contribution in [2.45, 2.75) is 13.0 Å². The molecule has 0 radical (unpaired) electrons. The molecule has 0 saturated heterocycles. The molecule has 0 heterocycles. The smallest absolute Gasteiger partial charge is 0.244 e. The Morgan fingerprint density at radius 1 is 1.13 bits per heavy atom. The Morgan fingerprint density at radius 2 is 1.93 bits per heavy atom. The first kappa shape index (κ1) is 21.6. The number of nitriles is 1. The zero-order chi connectivity index (χ0) is 21.3. The predicted octanol–water partition coefficient (Wildman–Crippen LogP) is 5.25. The fourth-order valence-electron chi connectivity index (χ4n) is 2.64. The van der Waals surface area contributed by atoms with E-state index in [0.717, 1.165) is 15.6 Å². The summed E-state index contributed by atoms with van der Waals surface area (Å²) in [6.07, 6.45) is 1.71. The molecular formula is C23H17BrClN3O2. The number of hydrogen-bond donors (Lipinski definition) is 1. The van der Waals surface area contributed by atoms with Gasteiger partial charge in [-0.3, -0.25) is 4.79 Å². The molecule has 0 bridgehead atoms. The minimum Gasteiger partial charge on any atom is -0.488 e. The number of amides is 1. The summed E-state index contributed by atoms with van der Waals surface area (Å²) in [6, 6.07) is 22.0. The van der Waals surface area contributed by atoms with Gasteiger partial charge in [-0.1, -0.05) is 51.8 Å². The van der Waals surface area contributed by atoms with Crippen molar-refractivity contribution in [3.8, 4) is 11.8 Å². The highest BCUT2D eigenvalue weighted by Gasteiger charge is 2.06. The van der Waals surface area contributed by atoms with Gasteiger partial charge in [-0.15, -0.1) is 0 Å². The molecule has 0 aliphatic rings. The molecule has 1 amide bonds. The van der Waals surface area contributed by atoms with Gasteiger partial charge < -0.3 is 4.74 Å². The van der Waals surface area contributed by atoms with Crippen LogP contribution < -0.4 is 10.2 Å². The number of hydrogen-bond acceptors (Lipinski definition) is 4. The third-order valence-corrected chi connectivity index (χ3v) is 4.86. The Kier molecular flexibility index (Phi) is 7.61. The minimum absolute atomic E-state index is 0.221. The zero-order valence-electron chi connectivity index (χ0n) is 15.8. The summed E-state index contributed by atoms with van der Waals surface area (Å²) in [5.74, 6) is 0.332. The highest BCUT2D eigenvalue weighted by Crippen LogP contribution is 2.22. The first-order valence-corrected chi connectivity index (χ1v) is 10.2. The molecule has 0 unspecified atom stereocenters. The van der Waals surface area contributed by atoms with Gasteiger partial charge in [0.2, 0.25) is 5.91 Å². The van der Waals surface area contributed by atoms with Crippen molar-refractivity contribution in [1.82, 2.24) is 5.43 Å². The normalized spacial score (nSPS) is 10.6. The van der Waals surface area contributed by atoms with Gasteiger partial charge in [0.25, 0.3) is 0 Å². The van der Waals surface area contributed by atoms with Crippen LogP contribution in [0.15, 0.2) is 76.3 Å². The molecule has 30 heavy (non-hydrogen) atoms. The van der Waals surface area contributed by atoms with E-state index in [1.54, 1.807) is 30.3 Å². The van der Waals surface area contributed by atoms with Crippen LogP contribution in [-0.2, 0) is 17.8 Å². The summed E-state index contributed by atoms with van der Waals surface area (Å²) >= 11 is 9.46. The van der Waals surface area contributed by atoms with Crippen molar-refractivity contribution in [3.05, 3.63) is 98.5 Å². The molecule has 0 aliphatic carbocycles. The number of ether oxygens (including phenoxy) is 1. The lowest BCUT2D eigenvalue weighted by molar-refractivity contribution is -0.120. The second kappa shape index (κ2) is 10.6. The molecule has 3 rings (SSSR count). The van der Waals surface area contributed by atoms with Gasteiger partial charge in [0.15, 0.2) is 0 Å². The molecule has 5 nitrogen and oxygen atoms in total. The van der Waals surface area contributed by atoms with E-state index in [-0.39, 0.29) is 18.9 Å². The molecule has 0 saturated carbocycles. The average molecular weight is 483 g/mol. The number of halogens is 2. The largest absolute Gasteiger partial charge is 0.488 e. The summed E-state index contributed by atoms with van der Waals surface area (Å²) in [4.78, 5) is 12.1. The summed E-state index contributed by atoms with van der Waals surface area (Å²) in [6.45, 7) is 0.286. The van der Waals surface area contributed by atoms with Crippen molar-refractivity contribution < 1.29 is 9.53 Å². The lowest BCUT2D eigenvalue weighted by Gasteiger charge is -2.10. The topological polar surface area (TPSA) is 74.5 Å². The molecule has 0 atom stereocenters. The average Bonchev–Trinajstić information content (AvgIpc) is 2.75. The van der Waals surface area contributed by atoms with E-state index in [4.69, 9.17) is 21.6 Å². The Bertz CT molecular complexity index is 1110. The Balaban J connectivity index is 1.63.